The first-order valence-electron chi connectivity index (χ1n) is 19.3. The second-order valence-corrected chi connectivity index (χ2v) is 15.6. The summed E-state index contributed by atoms with van der Waals surface area (Å²) < 4.78 is 17.5. The Morgan fingerprint density at radius 1 is 1.03 bits per heavy atom. The van der Waals surface area contributed by atoms with Gasteiger partial charge < -0.3 is 55.7 Å². The molecule has 18 nitrogen and oxygen atoms in total. The average Bonchev–Trinajstić information content (AvgIpc) is 3.21. The van der Waals surface area contributed by atoms with Gasteiger partial charge in [-0.1, -0.05) is 31.4 Å². The first kappa shape index (κ1) is 42.6. The van der Waals surface area contributed by atoms with Crippen LogP contribution in [0.1, 0.15) is 108 Å². The molecule has 1 heterocycles. The highest BCUT2D eigenvalue weighted by atomic mass is 16.7. The van der Waals surface area contributed by atoms with E-state index in [2.05, 4.69) is 10.6 Å². The third-order valence-corrected chi connectivity index (χ3v) is 12.1. The predicted molar refractivity (Wildman–Crippen MR) is 201 cm³/mol. The summed E-state index contributed by atoms with van der Waals surface area (Å²) in [5.74, 6) is -5.66. The van der Waals surface area contributed by atoms with Crippen LogP contribution in [0.25, 0.3) is 0 Å². The van der Waals surface area contributed by atoms with Gasteiger partial charge in [-0.2, -0.15) is 0 Å². The minimum Gasteiger partial charge on any atom is -0.507 e. The summed E-state index contributed by atoms with van der Waals surface area (Å²) in [4.78, 5) is 81.0. The fourth-order valence-corrected chi connectivity index (χ4v) is 8.50. The number of carbonyl (C=O) groups is 6. The number of imide groups is 1. The van der Waals surface area contributed by atoms with Gasteiger partial charge in [-0.3, -0.25) is 29.3 Å². The lowest BCUT2D eigenvalue weighted by molar-refractivity contribution is -0.249. The maximum atomic E-state index is 14.0. The van der Waals surface area contributed by atoms with Crippen molar-refractivity contribution in [3.63, 3.8) is 0 Å². The van der Waals surface area contributed by atoms with E-state index in [0.29, 0.717) is 0 Å². The Morgan fingerprint density at radius 2 is 1.71 bits per heavy atom. The minimum absolute atomic E-state index is 0.0403. The zero-order valence-corrected chi connectivity index (χ0v) is 32.6. The molecule has 1 saturated carbocycles. The standard InChI is InChI=1S/C40H50N4O14/c1-17(44(3)39(54)43-38(53)31(41)19-9-6-5-7-10-19)37(52)42-22-13-26(57-18(2)32(22)47)58-24-15-40(55,25(46)16-45)14-21-28(24)36(51)30-29(34(21)49)33(48)20-11-8-12-23(56-4)27(20)35(30)50/h8,11-12,17-19,22,24,26,31-32,45,47,49,51,55H,5-7,9-10,13-16,41H2,1-4H3,(H,42,52)(H,43,53,54)/t17-,18?,22?,24-,26?,31-,32?,40-/m0/s1. The lowest BCUT2D eigenvalue weighted by Gasteiger charge is -2.43. The highest BCUT2D eigenvalue weighted by Gasteiger charge is 2.50. The number of aromatic hydroxyl groups is 2. The molecule has 0 spiro atoms. The number of fused-ring (bicyclic) bond motifs is 3. The van der Waals surface area contributed by atoms with E-state index >= 15 is 0 Å². The molecule has 4 amide bonds. The maximum Gasteiger partial charge on any atom is 0.324 e. The van der Waals surface area contributed by atoms with Crippen LogP contribution in [-0.4, -0.2) is 129 Å². The van der Waals surface area contributed by atoms with Crippen molar-refractivity contribution in [1.29, 1.82) is 0 Å². The summed E-state index contributed by atoms with van der Waals surface area (Å²) in [6, 6.07) is 0.310. The van der Waals surface area contributed by atoms with Crippen molar-refractivity contribution in [2.24, 2.45) is 11.7 Å². The van der Waals surface area contributed by atoms with E-state index in [0.717, 1.165) is 37.0 Å². The molecule has 0 radical (unpaired) electrons. The quantitative estimate of drug-likeness (QED) is 0.130. The van der Waals surface area contributed by atoms with Crippen molar-refractivity contribution in [2.45, 2.75) is 114 Å². The number of aliphatic hydroxyl groups excluding tert-OH is 2. The van der Waals surface area contributed by atoms with Gasteiger partial charge in [-0.15, -0.1) is 0 Å². The number of nitrogens with two attached hydrogens (primary N) is 1. The SMILES string of the molecule is COc1cccc2c1C(=O)c1c(O)c3c(c(O)c1C2=O)C[C@@](O)(C(=O)CO)C[C@@H]3OC1CC(NC(=O)[C@H](C)N(C)C(=O)NC(=O)[C@@H](N)C2CCCCC2)C(O)C(C)O1. The second kappa shape index (κ2) is 16.7. The lowest BCUT2D eigenvalue weighted by atomic mass is 9.72. The van der Waals surface area contributed by atoms with Crippen molar-refractivity contribution in [2.75, 3.05) is 20.8 Å². The minimum atomic E-state index is -2.39. The van der Waals surface area contributed by atoms with Crippen LogP contribution >= 0.6 is 0 Å². The van der Waals surface area contributed by atoms with Crippen LogP contribution in [0.3, 0.4) is 0 Å². The number of ketones is 3. The van der Waals surface area contributed by atoms with Crippen molar-refractivity contribution < 1.29 is 68.5 Å². The van der Waals surface area contributed by atoms with Gasteiger partial charge in [0.1, 0.15) is 41.6 Å². The number of ether oxygens (including phenoxy) is 3. The molecule has 2 fully saturated rings. The summed E-state index contributed by atoms with van der Waals surface area (Å²) in [6.45, 7) is 1.79. The van der Waals surface area contributed by atoms with Crippen molar-refractivity contribution in [3.8, 4) is 17.2 Å². The highest BCUT2D eigenvalue weighted by molar-refractivity contribution is 6.31. The zero-order chi connectivity index (χ0) is 42.4. The molecule has 8 atom stereocenters. The number of hydrogen-bond acceptors (Lipinski definition) is 15. The van der Waals surface area contributed by atoms with Gasteiger partial charge in [-0.05, 0) is 38.7 Å². The van der Waals surface area contributed by atoms with Crippen LogP contribution in [-0.2, 0) is 30.3 Å². The molecule has 0 bridgehead atoms. The van der Waals surface area contributed by atoms with Gasteiger partial charge in [0, 0.05) is 43.0 Å². The summed E-state index contributed by atoms with van der Waals surface area (Å²) >= 11 is 0. The predicted octanol–water partition coefficient (Wildman–Crippen LogP) is 0.623. The van der Waals surface area contributed by atoms with E-state index in [9.17, 15) is 54.3 Å². The van der Waals surface area contributed by atoms with Crippen LogP contribution in [0, 0.1) is 5.92 Å². The molecule has 4 unspecified atom stereocenters. The van der Waals surface area contributed by atoms with E-state index in [1.807, 2.05) is 0 Å². The Labute approximate surface area is 333 Å². The molecule has 1 aliphatic heterocycles. The van der Waals surface area contributed by atoms with E-state index < -0.39 is 126 Å². The number of amides is 4. The van der Waals surface area contributed by atoms with Crippen LogP contribution in [0.15, 0.2) is 18.2 Å². The molecule has 9 N–H and O–H groups in total. The molecule has 4 aliphatic rings. The number of Topliss-reactive ketones (excluding diaryl/α,β-unsaturated/α-hetero) is 1. The van der Waals surface area contributed by atoms with Gasteiger partial charge in [0.25, 0.3) is 0 Å². The molecule has 3 aliphatic carbocycles. The maximum absolute atomic E-state index is 14.0. The largest absolute Gasteiger partial charge is 0.507 e. The molecule has 58 heavy (non-hydrogen) atoms. The number of benzene rings is 2. The number of likely N-dealkylation sites (N-methyl/N-ethyl adjacent to an activating group) is 1. The van der Waals surface area contributed by atoms with Crippen molar-refractivity contribution in [3.05, 3.63) is 51.6 Å². The summed E-state index contributed by atoms with van der Waals surface area (Å²) in [7, 11) is 2.61. The monoisotopic (exact) mass is 810 g/mol. The lowest BCUT2D eigenvalue weighted by Crippen LogP contribution is -2.59. The molecule has 1 saturated heterocycles. The van der Waals surface area contributed by atoms with Gasteiger partial charge in [0.05, 0.1) is 48.1 Å². The number of carbonyl (C=O) groups excluding carboxylic acids is 6. The van der Waals surface area contributed by atoms with E-state index in [1.165, 1.54) is 46.2 Å². The number of nitrogens with zero attached hydrogens (tertiary/aromatic N) is 1. The Hall–Kier alpha value is -4.98. The Morgan fingerprint density at radius 3 is 2.36 bits per heavy atom. The molecule has 314 valence electrons. The van der Waals surface area contributed by atoms with E-state index in [4.69, 9.17) is 19.9 Å². The Bertz CT molecular complexity index is 2020. The number of aliphatic hydroxyl groups is 3. The fourth-order valence-electron chi connectivity index (χ4n) is 8.50. The highest BCUT2D eigenvalue weighted by Crippen LogP contribution is 2.52. The topological polar surface area (TPSA) is 285 Å². The van der Waals surface area contributed by atoms with Crippen LogP contribution in [0.5, 0.6) is 17.2 Å². The molecule has 6 rings (SSSR count). The Kier molecular flexibility index (Phi) is 12.3. The number of hydrogen-bond donors (Lipinski definition) is 8. The number of urea groups is 1. The average molecular weight is 811 g/mol. The normalized spacial score (nSPS) is 26.7. The van der Waals surface area contributed by atoms with Crippen LogP contribution in [0.4, 0.5) is 4.79 Å². The Balaban J connectivity index is 1.24. The smallest absolute Gasteiger partial charge is 0.324 e. The molecule has 18 heteroatoms. The first-order chi connectivity index (χ1) is 27.4. The van der Waals surface area contributed by atoms with Crippen LogP contribution in [0.2, 0.25) is 0 Å². The number of phenols is 2. The van der Waals surface area contributed by atoms with Gasteiger partial charge in [0.2, 0.25) is 17.6 Å². The number of nitrogens with one attached hydrogen (secondary N) is 2. The third kappa shape index (κ3) is 7.67. The molecule has 2 aromatic rings. The molecular weight excluding hydrogens is 760 g/mol. The van der Waals surface area contributed by atoms with E-state index in [1.54, 1.807) is 0 Å². The zero-order valence-electron chi connectivity index (χ0n) is 32.6. The molecule has 0 aromatic heterocycles. The summed E-state index contributed by atoms with van der Waals surface area (Å²) in [5, 5.41) is 60.8. The summed E-state index contributed by atoms with van der Waals surface area (Å²) in [6.07, 6.45) is -2.21. The second-order valence-electron chi connectivity index (χ2n) is 15.6. The summed E-state index contributed by atoms with van der Waals surface area (Å²) in [5.41, 5.74) is 1.87. The van der Waals surface area contributed by atoms with Gasteiger partial charge >= 0.3 is 6.03 Å². The third-order valence-electron chi connectivity index (χ3n) is 12.1. The first-order valence-corrected chi connectivity index (χ1v) is 19.3. The molecule has 2 aromatic carbocycles. The van der Waals surface area contributed by atoms with Crippen LogP contribution < -0.4 is 21.1 Å². The molecular formula is C40H50N4O14. The number of phenolic OH excluding ortho intramolecular Hbond substituents is 2. The van der Waals surface area contributed by atoms with Crippen molar-refractivity contribution in [1.82, 2.24) is 15.5 Å². The van der Waals surface area contributed by atoms with Crippen molar-refractivity contribution >= 4 is 35.2 Å². The van der Waals surface area contributed by atoms with Gasteiger partial charge in [-0.25, -0.2) is 4.79 Å². The fraction of sp³-hybridized carbons (Fsp3) is 0.550. The number of rotatable bonds is 10. The van der Waals surface area contributed by atoms with E-state index in [-0.39, 0.29) is 40.3 Å². The number of methoxy groups -OCH3 is 1. The van der Waals surface area contributed by atoms with Gasteiger partial charge in [0.15, 0.2) is 17.9 Å².